The molecule has 0 radical (unpaired) electrons. The van der Waals surface area contributed by atoms with Gasteiger partial charge in [0.1, 0.15) is 11.2 Å². The highest BCUT2D eigenvalue weighted by molar-refractivity contribution is 7.19. The van der Waals surface area contributed by atoms with Crippen LogP contribution in [0.4, 0.5) is 51.2 Å². The van der Waals surface area contributed by atoms with Crippen molar-refractivity contribution in [2.24, 2.45) is 0 Å². The van der Waals surface area contributed by atoms with Gasteiger partial charge in [-0.25, -0.2) is 0 Å². The average molecular weight is 1310 g/mol. The SMILES string of the molecule is c1ccc(-c2ccc(-c3ccc(N(c4ccc(-c5ccc(N(c6ccc(-c7ccc(N(c8ccc(-c9ccc(-c%10ccccc%10)s9)cc8)c8cccc9ccccc89)cc7)cc6)c6ccc(-c7cccc8c7oc7ccccc78)cc6)cc5)cc4)c4cccc5ccccc45)cc3)s2)cc1. The number of benzene rings is 15. The Balaban J connectivity index is 0.660. The second-order valence-electron chi connectivity index (χ2n) is 25.2. The van der Waals surface area contributed by atoms with E-state index in [9.17, 15) is 0 Å². The highest BCUT2D eigenvalue weighted by atomic mass is 32.1. The molecule has 0 aliphatic heterocycles. The molecule has 18 aromatic rings. The number of para-hydroxylation sites is 2. The van der Waals surface area contributed by atoms with Crippen LogP contribution < -0.4 is 14.7 Å². The molecule has 0 saturated heterocycles. The zero-order valence-corrected chi connectivity index (χ0v) is 56.1. The van der Waals surface area contributed by atoms with Crippen LogP contribution in [0.25, 0.3) is 119 Å². The molecule has 0 saturated carbocycles. The summed E-state index contributed by atoms with van der Waals surface area (Å²) in [6, 6.07) is 138. The molecule has 0 aliphatic rings. The second-order valence-corrected chi connectivity index (χ2v) is 27.3. The molecule has 0 unspecified atom stereocenters. The monoisotopic (exact) mass is 1310 g/mol. The smallest absolute Gasteiger partial charge is 0.143 e. The molecular weight excluding hydrogens is 1250 g/mol. The number of thiophene rings is 2. The molecule has 100 heavy (non-hydrogen) atoms. The highest BCUT2D eigenvalue weighted by Crippen LogP contribution is 2.46. The first-order valence-corrected chi connectivity index (χ1v) is 35.5. The molecule has 0 atom stereocenters. The van der Waals surface area contributed by atoms with Crippen LogP contribution in [0.3, 0.4) is 0 Å². The van der Waals surface area contributed by atoms with E-state index in [2.05, 4.69) is 385 Å². The summed E-state index contributed by atoms with van der Waals surface area (Å²) in [5, 5.41) is 7.01. The van der Waals surface area contributed by atoms with Crippen LogP contribution in [0, 0.1) is 0 Å². The van der Waals surface area contributed by atoms with Crippen LogP contribution >= 0.6 is 22.7 Å². The Bertz CT molecular complexity index is 5620. The molecule has 3 aromatic heterocycles. The van der Waals surface area contributed by atoms with E-state index in [1.54, 1.807) is 0 Å². The Labute approximate surface area is 589 Å². The van der Waals surface area contributed by atoms with Crippen molar-refractivity contribution in [3.8, 4) is 75.1 Å². The van der Waals surface area contributed by atoms with Crippen LogP contribution in [0.2, 0.25) is 0 Å². The van der Waals surface area contributed by atoms with Gasteiger partial charge in [-0.3, -0.25) is 0 Å². The van der Waals surface area contributed by atoms with Gasteiger partial charge in [0.2, 0.25) is 0 Å². The van der Waals surface area contributed by atoms with Crippen LogP contribution in [0.15, 0.2) is 387 Å². The summed E-state index contributed by atoms with van der Waals surface area (Å²) in [6.45, 7) is 0. The number of hydrogen-bond acceptors (Lipinski definition) is 6. The van der Waals surface area contributed by atoms with Crippen molar-refractivity contribution in [3.63, 3.8) is 0 Å². The van der Waals surface area contributed by atoms with E-state index in [1.165, 1.54) is 63.3 Å². The van der Waals surface area contributed by atoms with Crippen LogP contribution in [-0.4, -0.2) is 0 Å². The Morgan fingerprint density at radius 2 is 0.480 bits per heavy atom. The third kappa shape index (κ3) is 11.5. The van der Waals surface area contributed by atoms with Gasteiger partial charge in [-0.05, 0) is 188 Å². The molecular formula is C94H63N3OS2. The van der Waals surface area contributed by atoms with Crippen molar-refractivity contribution in [3.05, 3.63) is 382 Å². The largest absolute Gasteiger partial charge is 0.455 e. The fourth-order valence-electron chi connectivity index (χ4n) is 14.1. The minimum atomic E-state index is 0.889. The van der Waals surface area contributed by atoms with E-state index in [4.69, 9.17) is 4.42 Å². The summed E-state index contributed by atoms with van der Waals surface area (Å²) in [6.07, 6.45) is 0. The molecule has 0 aliphatic carbocycles. The van der Waals surface area contributed by atoms with Crippen molar-refractivity contribution >= 4 is 117 Å². The van der Waals surface area contributed by atoms with Gasteiger partial charge in [0.15, 0.2) is 0 Å². The molecule has 0 spiro atoms. The Morgan fingerprint density at radius 1 is 0.190 bits per heavy atom. The molecule has 0 amide bonds. The average Bonchev–Trinajstić information content (AvgIpc) is 1.29. The Kier molecular flexibility index (Phi) is 15.6. The third-order valence-electron chi connectivity index (χ3n) is 19.2. The number of anilines is 9. The summed E-state index contributed by atoms with van der Waals surface area (Å²) < 4.78 is 6.54. The first-order chi connectivity index (χ1) is 49.5. The zero-order chi connectivity index (χ0) is 66.3. The number of hydrogen-bond donors (Lipinski definition) is 0. The zero-order valence-electron chi connectivity index (χ0n) is 54.4. The van der Waals surface area contributed by atoms with Gasteiger partial charge in [0, 0.05) is 86.4 Å². The number of rotatable bonds is 16. The molecule has 0 bridgehead atoms. The van der Waals surface area contributed by atoms with Gasteiger partial charge in [-0.2, -0.15) is 0 Å². The van der Waals surface area contributed by atoms with E-state index < -0.39 is 0 Å². The minimum Gasteiger partial charge on any atom is -0.455 e. The predicted molar refractivity (Wildman–Crippen MR) is 427 cm³/mol. The fraction of sp³-hybridized carbons (Fsp3) is 0. The Hall–Kier alpha value is -12.6. The molecule has 18 rings (SSSR count). The van der Waals surface area contributed by atoms with Crippen molar-refractivity contribution in [2.45, 2.75) is 0 Å². The maximum absolute atomic E-state index is 6.54. The topological polar surface area (TPSA) is 22.9 Å². The van der Waals surface area contributed by atoms with Gasteiger partial charge in [0.25, 0.3) is 0 Å². The second kappa shape index (κ2) is 26.1. The lowest BCUT2D eigenvalue weighted by atomic mass is 10.0. The third-order valence-corrected chi connectivity index (χ3v) is 21.5. The normalized spacial score (nSPS) is 11.4. The molecule has 6 heteroatoms. The lowest BCUT2D eigenvalue weighted by Gasteiger charge is -2.27. The van der Waals surface area contributed by atoms with E-state index >= 15 is 0 Å². The first kappa shape index (κ1) is 59.9. The summed E-state index contributed by atoms with van der Waals surface area (Å²) in [4.78, 5) is 12.1. The molecule has 4 nitrogen and oxygen atoms in total. The van der Waals surface area contributed by atoms with E-state index in [0.717, 1.165) is 107 Å². The van der Waals surface area contributed by atoms with E-state index in [1.807, 2.05) is 34.8 Å². The van der Waals surface area contributed by atoms with Gasteiger partial charge < -0.3 is 19.1 Å². The summed E-state index contributed by atoms with van der Waals surface area (Å²) >= 11 is 3.65. The summed E-state index contributed by atoms with van der Waals surface area (Å²) in [5.41, 5.74) is 23.0. The fourth-order valence-corrected chi connectivity index (χ4v) is 16.2. The molecule has 3 heterocycles. The van der Waals surface area contributed by atoms with Crippen LogP contribution in [0.1, 0.15) is 0 Å². The van der Waals surface area contributed by atoms with Crippen molar-refractivity contribution < 1.29 is 4.42 Å². The molecule has 472 valence electrons. The molecule has 0 N–H and O–H groups in total. The molecule has 0 fully saturated rings. The first-order valence-electron chi connectivity index (χ1n) is 33.8. The highest BCUT2D eigenvalue weighted by Gasteiger charge is 2.21. The maximum atomic E-state index is 6.54. The predicted octanol–water partition coefficient (Wildman–Crippen LogP) is 28.1. The van der Waals surface area contributed by atoms with Crippen LogP contribution in [0.5, 0.6) is 0 Å². The van der Waals surface area contributed by atoms with Gasteiger partial charge >= 0.3 is 0 Å². The van der Waals surface area contributed by atoms with Gasteiger partial charge in [-0.1, -0.05) is 255 Å². The number of fused-ring (bicyclic) bond motifs is 5. The Morgan fingerprint density at radius 3 is 0.880 bits per heavy atom. The van der Waals surface area contributed by atoms with E-state index in [0.29, 0.717) is 0 Å². The van der Waals surface area contributed by atoms with E-state index in [-0.39, 0.29) is 0 Å². The minimum absolute atomic E-state index is 0.889. The van der Waals surface area contributed by atoms with Crippen molar-refractivity contribution in [1.29, 1.82) is 0 Å². The lowest BCUT2D eigenvalue weighted by Crippen LogP contribution is -2.10. The number of furan rings is 1. The van der Waals surface area contributed by atoms with Crippen LogP contribution in [-0.2, 0) is 0 Å². The number of nitrogens with zero attached hydrogens (tertiary/aromatic N) is 3. The molecule has 15 aromatic carbocycles. The van der Waals surface area contributed by atoms with Gasteiger partial charge in [0.05, 0.1) is 11.4 Å². The quantitative estimate of drug-likeness (QED) is 0.0962. The van der Waals surface area contributed by atoms with Crippen molar-refractivity contribution in [2.75, 3.05) is 14.7 Å². The standard InChI is InChI=1S/C94H63N3OS2/c1-3-18-71(19-4-1)90-60-62-92(99-90)73-42-56-80(57-43-73)96(87-29-13-22-68-16-7-9-24-82(68)87)78-50-36-66(37-51-78)64-32-46-75(47-33-64)95(77-54-40-70(41-55-77)84-27-15-28-86-85-26-11-12-31-89(85)98-94(84)86)76-48-34-65(35-49-76)67-38-52-79(53-39-67)97(88-30-14-23-69-17-8-10-25-83(69)88)81-58-44-74(45-59-81)93-63-61-91(100-93)72-20-5-2-6-21-72/h1-63H. The summed E-state index contributed by atoms with van der Waals surface area (Å²) in [7, 11) is 0. The van der Waals surface area contributed by atoms with Crippen molar-refractivity contribution in [1.82, 2.24) is 0 Å². The van der Waals surface area contributed by atoms with Gasteiger partial charge in [-0.15, -0.1) is 22.7 Å². The summed E-state index contributed by atoms with van der Waals surface area (Å²) in [5.74, 6) is 0. The maximum Gasteiger partial charge on any atom is 0.143 e. The lowest BCUT2D eigenvalue weighted by molar-refractivity contribution is 0.670.